The lowest BCUT2D eigenvalue weighted by atomic mass is 9.97. The Bertz CT molecular complexity index is 1600. The van der Waals surface area contributed by atoms with E-state index in [1.807, 2.05) is 90.3 Å². The summed E-state index contributed by atoms with van der Waals surface area (Å²) in [6.45, 7) is 6.94. The molecular formula is C38H51N7O6. The lowest BCUT2D eigenvalue weighted by molar-refractivity contribution is -0.142. The second-order valence-electron chi connectivity index (χ2n) is 14.1. The minimum atomic E-state index is -1.08. The lowest BCUT2D eigenvalue weighted by Crippen LogP contribution is -2.60. The van der Waals surface area contributed by atoms with Gasteiger partial charge in [-0.3, -0.25) is 28.8 Å². The molecule has 274 valence electrons. The van der Waals surface area contributed by atoms with E-state index in [4.69, 9.17) is 4.74 Å². The summed E-state index contributed by atoms with van der Waals surface area (Å²) < 4.78 is 7.89. The molecule has 2 fully saturated rings. The Hall–Kier alpha value is -4.59. The minimum absolute atomic E-state index is 0.0700. The molecule has 0 spiro atoms. The van der Waals surface area contributed by atoms with Crippen LogP contribution < -0.4 is 16.0 Å². The standard InChI is InChI=1S/C38H51N7O6/c1-25(2)19-32-38(50)43(4)26(3)36(48)42-31(20-27-9-6-5-7-10-27)37(49)41-30-15-18-51-33(35(30)47)23-44(24-34(46)40-32)21-28-11-13-29(14-12-28)22-45-17-8-16-39-45/h5-14,16-17,25-26,30-33,35,47H,15,18-24H2,1-4H3,(H,40,46)(H,41,49)(H,42,48)/t26-,30-,31-,32+,33+,35-/m0/s1. The van der Waals surface area contributed by atoms with Gasteiger partial charge in [0.15, 0.2) is 0 Å². The predicted molar refractivity (Wildman–Crippen MR) is 191 cm³/mol. The van der Waals surface area contributed by atoms with Gasteiger partial charge in [-0.25, -0.2) is 0 Å². The van der Waals surface area contributed by atoms with Crippen LogP contribution >= 0.6 is 0 Å². The van der Waals surface area contributed by atoms with E-state index in [0.717, 1.165) is 16.7 Å². The first-order valence-corrected chi connectivity index (χ1v) is 17.7. The number of aliphatic hydroxyl groups excluding tert-OH is 1. The van der Waals surface area contributed by atoms with E-state index < -0.39 is 54.1 Å². The van der Waals surface area contributed by atoms with Crippen molar-refractivity contribution in [1.82, 2.24) is 35.5 Å². The minimum Gasteiger partial charge on any atom is -0.388 e. The highest BCUT2D eigenvalue weighted by atomic mass is 16.5. The summed E-state index contributed by atoms with van der Waals surface area (Å²) in [7, 11) is 1.53. The number of nitrogens with one attached hydrogen (secondary N) is 3. The molecule has 4 N–H and O–H groups in total. The number of rotatable bonds is 8. The molecule has 2 aliphatic heterocycles. The van der Waals surface area contributed by atoms with Crippen molar-refractivity contribution in [2.75, 3.05) is 26.7 Å². The molecule has 2 saturated heterocycles. The van der Waals surface area contributed by atoms with Crippen LogP contribution in [0.5, 0.6) is 0 Å². The van der Waals surface area contributed by atoms with E-state index in [1.54, 1.807) is 13.1 Å². The maximum atomic E-state index is 13.9. The van der Waals surface area contributed by atoms with Gasteiger partial charge in [-0.05, 0) is 48.4 Å². The molecule has 0 saturated carbocycles. The Morgan fingerprint density at radius 2 is 1.59 bits per heavy atom. The number of nitrogens with zero attached hydrogens (tertiary/aromatic N) is 4. The molecule has 0 radical (unpaired) electrons. The highest BCUT2D eigenvalue weighted by Gasteiger charge is 2.38. The molecule has 13 heteroatoms. The maximum Gasteiger partial charge on any atom is 0.245 e. The summed E-state index contributed by atoms with van der Waals surface area (Å²) >= 11 is 0. The van der Waals surface area contributed by atoms with Gasteiger partial charge in [-0.1, -0.05) is 68.4 Å². The maximum absolute atomic E-state index is 13.9. The molecule has 0 unspecified atom stereocenters. The SMILES string of the molecule is CC(C)C[C@H]1NC(=O)CN(Cc2ccc(Cn3cccn3)cc2)C[C@H]2OCC[C@H](NC(=O)[C@H](Cc3ccccc3)NC(=O)[C@H](C)N(C)C1=O)[C@@H]2O. The third-order valence-electron chi connectivity index (χ3n) is 9.58. The van der Waals surface area contributed by atoms with Crippen molar-refractivity contribution >= 4 is 23.6 Å². The van der Waals surface area contributed by atoms with E-state index in [-0.39, 0.29) is 37.9 Å². The van der Waals surface area contributed by atoms with Crippen LogP contribution in [0.2, 0.25) is 0 Å². The topological polar surface area (TPSA) is 158 Å². The number of benzene rings is 2. The Morgan fingerprint density at radius 3 is 2.25 bits per heavy atom. The summed E-state index contributed by atoms with van der Waals surface area (Å²) in [6, 6.07) is 15.8. The molecule has 2 aliphatic rings. The normalized spacial score (nSPS) is 26.0. The van der Waals surface area contributed by atoms with Crippen LogP contribution in [-0.2, 0) is 43.4 Å². The first-order valence-electron chi connectivity index (χ1n) is 17.7. The van der Waals surface area contributed by atoms with Crippen molar-refractivity contribution < 1.29 is 29.0 Å². The van der Waals surface area contributed by atoms with Crippen LogP contribution in [0.15, 0.2) is 73.1 Å². The fraction of sp³-hybridized carbons (Fsp3) is 0.500. The summed E-state index contributed by atoms with van der Waals surface area (Å²) in [5.41, 5.74) is 2.86. The second-order valence-corrected chi connectivity index (χ2v) is 14.1. The van der Waals surface area contributed by atoms with Crippen molar-refractivity contribution in [3.8, 4) is 0 Å². The number of carbonyl (C=O) groups is 4. The van der Waals surface area contributed by atoms with Crippen LogP contribution in [0.3, 0.4) is 0 Å². The Kier molecular flexibility index (Phi) is 13.0. The summed E-state index contributed by atoms with van der Waals surface area (Å²) in [4.78, 5) is 58.2. The molecule has 2 aromatic carbocycles. The molecule has 2 bridgehead atoms. The zero-order valence-corrected chi connectivity index (χ0v) is 29.9. The molecular weight excluding hydrogens is 650 g/mol. The van der Waals surface area contributed by atoms with Gasteiger partial charge in [0.25, 0.3) is 0 Å². The summed E-state index contributed by atoms with van der Waals surface area (Å²) in [5.74, 6) is -1.64. The van der Waals surface area contributed by atoms with Gasteiger partial charge in [0.05, 0.1) is 25.2 Å². The largest absolute Gasteiger partial charge is 0.388 e. The van der Waals surface area contributed by atoms with Crippen molar-refractivity contribution in [2.45, 2.75) is 89.5 Å². The van der Waals surface area contributed by atoms with Gasteiger partial charge in [0.2, 0.25) is 23.6 Å². The van der Waals surface area contributed by atoms with E-state index in [9.17, 15) is 24.3 Å². The Labute approximate surface area is 299 Å². The number of fused-ring (bicyclic) bond motifs is 2. The number of ether oxygens (including phenoxy) is 1. The van der Waals surface area contributed by atoms with E-state index in [0.29, 0.717) is 25.9 Å². The fourth-order valence-electron chi connectivity index (χ4n) is 6.61. The van der Waals surface area contributed by atoms with Gasteiger partial charge in [-0.2, -0.15) is 5.10 Å². The molecule has 6 atom stereocenters. The van der Waals surface area contributed by atoms with Crippen LogP contribution in [0.4, 0.5) is 0 Å². The number of aromatic nitrogens is 2. The van der Waals surface area contributed by atoms with Crippen molar-refractivity contribution in [1.29, 1.82) is 0 Å². The third kappa shape index (κ3) is 10.5. The van der Waals surface area contributed by atoms with Gasteiger partial charge in [0, 0.05) is 45.6 Å². The van der Waals surface area contributed by atoms with Crippen LogP contribution in [-0.4, -0.2) is 111 Å². The monoisotopic (exact) mass is 701 g/mol. The van der Waals surface area contributed by atoms with Gasteiger partial charge in [0.1, 0.15) is 24.2 Å². The molecule has 51 heavy (non-hydrogen) atoms. The molecule has 4 amide bonds. The molecule has 3 heterocycles. The zero-order valence-electron chi connectivity index (χ0n) is 29.9. The smallest absolute Gasteiger partial charge is 0.245 e. The Balaban J connectivity index is 1.42. The number of hydrogen-bond acceptors (Lipinski definition) is 8. The fourth-order valence-corrected chi connectivity index (χ4v) is 6.61. The number of carbonyl (C=O) groups excluding carboxylic acids is 4. The highest BCUT2D eigenvalue weighted by Crippen LogP contribution is 2.19. The number of amides is 4. The van der Waals surface area contributed by atoms with E-state index >= 15 is 0 Å². The predicted octanol–water partition coefficient (Wildman–Crippen LogP) is 1.49. The lowest BCUT2D eigenvalue weighted by Gasteiger charge is -2.38. The van der Waals surface area contributed by atoms with Crippen molar-refractivity contribution in [3.63, 3.8) is 0 Å². The highest BCUT2D eigenvalue weighted by molar-refractivity contribution is 5.94. The molecule has 5 rings (SSSR count). The van der Waals surface area contributed by atoms with Crippen molar-refractivity contribution in [3.05, 3.63) is 89.7 Å². The van der Waals surface area contributed by atoms with Gasteiger partial charge < -0.3 is 30.7 Å². The molecule has 3 aromatic rings. The van der Waals surface area contributed by atoms with Crippen molar-refractivity contribution in [2.24, 2.45) is 5.92 Å². The average Bonchev–Trinajstić information content (AvgIpc) is 3.62. The Morgan fingerprint density at radius 1 is 0.882 bits per heavy atom. The van der Waals surface area contributed by atoms with Gasteiger partial charge in [-0.15, -0.1) is 0 Å². The molecule has 0 aliphatic carbocycles. The zero-order chi connectivity index (χ0) is 36.5. The number of aliphatic hydroxyl groups is 1. The summed E-state index contributed by atoms with van der Waals surface area (Å²) in [6.07, 6.45) is 2.80. The van der Waals surface area contributed by atoms with E-state index in [2.05, 4.69) is 21.0 Å². The second kappa shape index (κ2) is 17.6. The molecule has 13 nitrogen and oxygen atoms in total. The first-order chi connectivity index (χ1) is 24.5. The molecule has 1 aromatic heterocycles. The number of hydrogen-bond donors (Lipinski definition) is 4. The van der Waals surface area contributed by atoms with Crippen LogP contribution in [0, 0.1) is 5.92 Å². The van der Waals surface area contributed by atoms with Crippen LogP contribution in [0.1, 0.15) is 50.3 Å². The third-order valence-corrected chi connectivity index (χ3v) is 9.58. The quantitative estimate of drug-likeness (QED) is 0.275. The van der Waals surface area contributed by atoms with Crippen LogP contribution in [0.25, 0.3) is 0 Å². The van der Waals surface area contributed by atoms with E-state index in [1.165, 1.54) is 11.9 Å². The average molecular weight is 702 g/mol. The first kappa shape index (κ1) is 37.7. The summed E-state index contributed by atoms with van der Waals surface area (Å²) in [5, 5.41) is 24.6. The number of likely N-dealkylation sites (N-methyl/N-ethyl adjacent to an activating group) is 1. The van der Waals surface area contributed by atoms with Gasteiger partial charge >= 0.3 is 0 Å².